The van der Waals surface area contributed by atoms with Crippen LogP contribution in [0.25, 0.3) is 0 Å². The number of ketones is 2. The van der Waals surface area contributed by atoms with Gasteiger partial charge in [-0.15, -0.1) is 0 Å². The summed E-state index contributed by atoms with van der Waals surface area (Å²) in [6.07, 6.45) is -7.50. The molecule has 0 N–H and O–H groups in total. The molecule has 0 radical (unpaired) electrons. The molecule has 0 fully saturated rings. The van der Waals surface area contributed by atoms with Crippen LogP contribution in [-0.2, 0) is 9.59 Å². The molecular weight excluding hydrogens is 285 g/mol. The van der Waals surface area contributed by atoms with Crippen molar-refractivity contribution in [3.63, 3.8) is 0 Å². The van der Waals surface area contributed by atoms with Crippen LogP contribution in [-0.4, -0.2) is 29.6 Å². The van der Waals surface area contributed by atoms with Crippen LogP contribution in [0, 0.1) is 5.41 Å². The SMILES string of the molecule is CC(C)(C)CC(=O)C(=O)C(F)(F)C(F)(F)C(F)(F)F. The first-order valence-corrected chi connectivity index (χ1v) is 4.94. The van der Waals surface area contributed by atoms with Gasteiger partial charge in [0.2, 0.25) is 5.78 Å². The number of hydrogen-bond acceptors (Lipinski definition) is 2. The molecule has 0 unspecified atom stereocenters. The van der Waals surface area contributed by atoms with Gasteiger partial charge in [-0.3, -0.25) is 9.59 Å². The highest BCUT2D eigenvalue weighted by Crippen LogP contribution is 2.47. The van der Waals surface area contributed by atoms with Crippen molar-refractivity contribution >= 4 is 11.6 Å². The van der Waals surface area contributed by atoms with Gasteiger partial charge in [0.05, 0.1) is 0 Å². The highest BCUT2D eigenvalue weighted by molar-refractivity contribution is 6.40. The molecule has 0 aliphatic heterocycles. The monoisotopic (exact) mass is 296 g/mol. The molecule has 112 valence electrons. The van der Waals surface area contributed by atoms with Gasteiger partial charge in [-0.2, -0.15) is 30.7 Å². The first-order chi connectivity index (χ1) is 8.04. The predicted octanol–water partition coefficient (Wildman–Crippen LogP) is 3.39. The van der Waals surface area contributed by atoms with Gasteiger partial charge in [-0.05, 0) is 5.41 Å². The summed E-state index contributed by atoms with van der Waals surface area (Å²) >= 11 is 0. The number of hydrogen-bond donors (Lipinski definition) is 0. The molecule has 0 aromatic heterocycles. The molecule has 0 bridgehead atoms. The number of carbonyl (C=O) groups excluding carboxylic acids is 2. The van der Waals surface area contributed by atoms with Crippen LogP contribution in [0.15, 0.2) is 0 Å². The Morgan fingerprint density at radius 3 is 1.47 bits per heavy atom. The lowest BCUT2D eigenvalue weighted by Crippen LogP contribution is -2.58. The Balaban J connectivity index is 5.34. The molecule has 0 spiro atoms. The molecule has 0 heterocycles. The zero-order valence-corrected chi connectivity index (χ0v) is 10.2. The van der Waals surface area contributed by atoms with Gasteiger partial charge in [0.25, 0.3) is 5.78 Å². The van der Waals surface area contributed by atoms with Crippen LogP contribution < -0.4 is 0 Å². The zero-order chi connectivity index (χ0) is 15.9. The van der Waals surface area contributed by atoms with Crippen LogP contribution in [0.2, 0.25) is 0 Å². The van der Waals surface area contributed by atoms with Crippen LogP contribution in [0.4, 0.5) is 30.7 Å². The second-order valence-corrected chi connectivity index (χ2v) is 5.14. The van der Waals surface area contributed by atoms with E-state index in [9.17, 15) is 40.3 Å². The molecule has 0 saturated carbocycles. The minimum atomic E-state index is -6.63. The lowest BCUT2D eigenvalue weighted by atomic mass is 9.87. The van der Waals surface area contributed by atoms with Crippen molar-refractivity contribution in [3.8, 4) is 0 Å². The summed E-state index contributed by atoms with van der Waals surface area (Å²) in [5.41, 5.74) is -1.00. The number of halogens is 7. The molecule has 0 rings (SSSR count). The van der Waals surface area contributed by atoms with Crippen LogP contribution in [0.1, 0.15) is 27.2 Å². The van der Waals surface area contributed by atoms with E-state index in [1.54, 1.807) is 0 Å². The third kappa shape index (κ3) is 3.66. The smallest absolute Gasteiger partial charge is 0.291 e. The molecule has 19 heavy (non-hydrogen) atoms. The van der Waals surface area contributed by atoms with Gasteiger partial charge < -0.3 is 0 Å². The Hall–Kier alpha value is -1.15. The van der Waals surface area contributed by atoms with Gasteiger partial charge in [0.15, 0.2) is 0 Å². The fraction of sp³-hybridized carbons (Fsp3) is 0.800. The molecule has 0 atom stereocenters. The standard InChI is InChI=1S/C10H11F7O2/c1-7(2,3)4-5(18)6(19)8(11,12)9(13,14)10(15,16)17/h4H2,1-3H3. The van der Waals surface area contributed by atoms with Gasteiger partial charge in [0, 0.05) is 6.42 Å². The molecule has 0 saturated heterocycles. The Labute approximate surface area is 104 Å². The normalized spacial score (nSPS) is 14.4. The fourth-order valence-electron chi connectivity index (χ4n) is 1.06. The number of carbonyl (C=O) groups is 2. The van der Waals surface area contributed by atoms with Crippen molar-refractivity contribution in [3.05, 3.63) is 0 Å². The third-order valence-corrected chi connectivity index (χ3v) is 1.98. The first-order valence-electron chi connectivity index (χ1n) is 4.94. The summed E-state index contributed by atoms with van der Waals surface area (Å²) in [6, 6.07) is 0. The maximum absolute atomic E-state index is 12.9. The summed E-state index contributed by atoms with van der Waals surface area (Å²) in [5, 5.41) is 0. The van der Waals surface area contributed by atoms with Crippen molar-refractivity contribution in [1.82, 2.24) is 0 Å². The van der Waals surface area contributed by atoms with E-state index in [1.807, 2.05) is 0 Å². The van der Waals surface area contributed by atoms with Crippen LogP contribution in [0.3, 0.4) is 0 Å². The minimum Gasteiger partial charge on any atom is -0.291 e. The molecule has 0 aromatic carbocycles. The van der Waals surface area contributed by atoms with Gasteiger partial charge in [0.1, 0.15) is 0 Å². The summed E-state index contributed by atoms with van der Waals surface area (Å²) in [6.45, 7) is 3.99. The van der Waals surface area contributed by atoms with E-state index in [4.69, 9.17) is 0 Å². The molecule has 0 aliphatic carbocycles. The Bertz CT molecular complexity index is 376. The van der Waals surface area contributed by atoms with E-state index in [-0.39, 0.29) is 0 Å². The summed E-state index contributed by atoms with van der Waals surface area (Å²) in [7, 11) is 0. The van der Waals surface area contributed by atoms with Gasteiger partial charge in [-0.25, -0.2) is 0 Å². The van der Waals surface area contributed by atoms with E-state index < -0.39 is 41.4 Å². The van der Waals surface area contributed by atoms with Crippen molar-refractivity contribution in [2.75, 3.05) is 0 Å². The van der Waals surface area contributed by atoms with Gasteiger partial charge >= 0.3 is 18.0 Å². The quantitative estimate of drug-likeness (QED) is 0.588. The van der Waals surface area contributed by atoms with Crippen molar-refractivity contribution in [2.45, 2.75) is 45.2 Å². The average Bonchev–Trinajstić information content (AvgIpc) is 2.11. The summed E-state index contributed by atoms with van der Waals surface area (Å²) in [4.78, 5) is 21.9. The van der Waals surface area contributed by atoms with Crippen molar-refractivity contribution < 1.29 is 40.3 Å². The van der Waals surface area contributed by atoms with E-state index in [1.165, 1.54) is 20.8 Å². The maximum atomic E-state index is 12.9. The molecule has 0 aromatic rings. The summed E-state index contributed by atoms with van der Waals surface area (Å²) in [5.74, 6) is -17.7. The Morgan fingerprint density at radius 1 is 0.842 bits per heavy atom. The molecule has 2 nitrogen and oxygen atoms in total. The number of alkyl halides is 7. The zero-order valence-electron chi connectivity index (χ0n) is 10.2. The highest BCUT2D eigenvalue weighted by atomic mass is 19.4. The topological polar surface area (TPSA) is 34.1 Å². The highest BCUT2D eigenvalue weighted by Gasteiger charge is 2.76. The van der Waals surface area contributed by atoms with Crippen LogP contribution in [0.5, 0.6) is 0 Å². The lowest BCUT2D eigenvalue weighted by Gasteiger charge is -2.27. The largest absolute Gasteiger partial charge is 0.460 e. The number of Topliss-reactive ketones (excluding diaryl/α,β-unsaturated/α-hetero) is 2. The van der Waals surface area contributed by atoms with E-state index in [0.29, 0.717) is 0 Å². The fourth-order valence-corrected chi connectivity index (χ4v) is 1.06. The molecule has 9 heteroatoms. The first kappa shape index (κ1) is 17.8. The second kappa shape index (κ2) is 4.75. The second-order valence-electron chi connectivity index (χ2n) is 5.14. The van der Waals surface area contributed by atoms with Crippen molar-refractivity contribution in [1.29, 1.82) is 0 Å². The maximum Gasteiger partial charge on any atom is 0.460 e. The average molecular weight is 296 g/mol. The van der Waals surface area contributed by atoms with Gasteiger partial charge in [-0.1, -0.05) is 20.8 Å². The molecule has 0 aliphatic rings. The summed E-state index contributed by atoms with van der Waals surface area (Å²) < 4.78 is 86.2. The van der Waals surface area contributed by atoms with E-state index in [0.717, 1.165) is 0 Å². The molecule has 0 amide bonds. The lowest BCUT2D eigenvalue weighted by molar-refractivity contribution is -0.342. The number of rotatable bonds is 4. The Kier molecular flexibility index (Phi) is 4.46. The molecular formula is C10H11F7O2. The van der Waals surface area contributed by atoms with E-state index >= 15 is 0 Å². The van der Waals surface area contributed by atoms with Crippen LogP contribution >= 0.6 is 0 Å². The Morgan fingerprint density at radius 2 is 1.21 bits per heavy atom. The van der Waals surface area contributed by atoms with E-state index in [2.05, 4.69) is 0 Å². The minimum absolute atomic E-state index is 0.866. The van der Waals surface area contributed by atoms with Crippen molar-refractivity contribution in [2.24, 2.45) is 5.41 Å². The predicted molar refractivity (Wildman–Crippen MR) is 50.0 cm³/mol. The third-order valence-electron chi connectivity index (χ3n) is 1.98.